The molecular weight excluding hydrogens is 527 g/mol. The summed E-state index contributed by atoms with van der Waals surface area (Å²) < 4.78 is 30.0. The number of rotatable bonds is 0. The van der Waals surface area contributed by atoms with E-state index in [0.29, 0.717) is 0 Å². The van der Waals surface area contributed by atoms with Crippen LogP contribution in [0.15, 0.2) is 0 Å². The second kappa shape index (κ2) is 50.5. The molecule has 0 aromatic heterocycles. The summed E-state index contributed by atoms with van der Waals surface area (Å²) in [5, 5.41) is 0. The van der Waals surface area contributed by atoms with Gasteiger partial charge in [-0.05, 0) is 82.7 Å². The predicted molar refractivity (Wildman–Crippen MR) is 95.3 cm³/mol. The minimum atomic E-state index is 0. The predicted octanol–water partition coefficient (Wildman–Crippen LogP) is 4.08. The molecule has 0 bridgehead atoms. The molecule has 27 heavy (non-hydrogen) atoms. The molecule has 1 unspecified atom stereocenters. The standard InChI is InChI=1S/C6H13P.2C5H5.4CO.2Mo/c7-6-4-2-1-3-5-6;2*1-2-4-5-3-1;4*1-2;;/h6H,1-5,7H2;2*1-5H;;;;;;. The van der Waals surface area contributed by atoms with Gasteiger partial charge in [0, 0.05) is 42.1 Å². The molecule has 3 fully saturated rings. The molecule has 4 nitrogen and oxygen atoms in total. The summed E-state index contributed by atoms with van der Waals surface area (Å²) in [6, 6.07) is 0. The van der Waals surface area contributed by atoms with E-state index in [-0.39, 0.29) is 42.1 Å². The van der Waals surface area contributed by atoms with Crippen molar-refractivity contribution in [3.63, 3.8) is 0 Å². The van der Waals surface area contributed by atoms with E-state index in [4.69, 9.17) is 18.6 Å². The average molecular weight is 550 g/mol. The summed E-state index contributed by atoms with van der Waals surface area (Å²) in [5.41, 5.74) is 0.953. The molecule has 0 aromatic carbocycles. The Morgan fingerprint density at radius 2 is 0.667 bits per heavy atom. The Morgan fingerprint density at radius 1 is 0.481 bits per heavy atom. The van der Waals surface area contributed by atoms with E-state index < -0.39 is 0 Å². The van der Waals surface area contributed by atoms with Crippen molar-refractivity contribution >= 4 is 9.24 Å². The van der Waals surface area contributed by atoms with Gasteiger partial charge in [-0.3, -0.25) is 0 Å². The van der Waals surface area contributed by atoms with E-state index in [1.807, 2.05) is 64.2 Å². The molecule has 7 heteroatoms. The summed E-state index contributed by atoms with van der Waals surface area (Å²) in [5.74, 6) is 0. The van der Waals surface area contributed by atoms with Crippen LogP contribution < -0.4 is 0 Å². The van der Waals surface area contributed by atoms with E-state index in [0.717, 1.165) is 5.66 Å². The fraction of sp³-hybridized carbons (Fsp3) is 0.300. The monoisotopic (exact) mass is 554 g/mol. The van der Waals surface area contributed by atoms with E-state index in [9.17, 15) is 0 Å². The SMILES string of the molecule is PC1CCCCC1.[C-]#[O+].[C-]#[O+].[C-]#[O+].[C-]#[O+].[CH]1[CH][CH][CH][CH]1.[CH]1[CH][CH][CH][CH]1.[Mo].[Mo]. The molecule has 144 valence electrons. The molecule has 0 aliphatic heterocycles. The van der Waals surface area contributed by atoms with Gasteiger partial charge in [-0.1, -0.05) is 19.3 Å². The van der Waals surface area contributed by atoms with Crippen LogP contribution in [0.2, 0.25) is 0 Å². The van der Waals surface area contributed by atoms with Crippen LogP contribution in [-0.4, -0.2) is 5.66 Å². The van der Waals surface area contributed by atoms with Crippen molar-refractivity contribution in [3.05, 3.63) is 90.8 Å². The fourth-order valence-corrected chi connectivity index (χ4v) is 2.25. The smallest absolute Gasteiger partial charge is 0 e. The van der Waals surface area contributed by atoms with Gasteiger partial charge in [0.05, 0.1) is 0 Å². The van der Waals surface area contributed by atoms with Gasteiger partial charge >= 0.3 is 45.2 Å². The average Bonchev–Trinajstić information content (AvgIpc) is 3.47. The van der Waals surface area contributed by atoms with E-state index >= 15 is 0 Å². The largest absolute Gasteiger partial charge is 0.0312 e. The molecule has 0 saturated heterocycles. The molecule has 0 heterocycles. The molecule has 0 N–H and O–H groups in total. The van der Waals surface area contributed by atoms with Crippen LogP contribution in [0.3, 0.4) is 0 Å². The van der Waals surface area contributed by atoms with Crippen molar-refractivity contribution in [2.75, 3.05) is 0 Å². The minimum Gasteiger partial charge on any atom is -0.0312 e. The first-order valence-electron chi connectivity index (χ1n) is 7.30. The van der Waals surface area contributed by atoms with Gasteiger partial charge < -0.3 is 0 Å². The number of hydrogen-bond acceptors (Lipinski definition) is 0. The zero-order valence-electron chi connectivity index (χ0n) is 14.9. The molecule has 1 atom stereocenters. The van der Waals surface area contributed by atoms with Crippen molar-refractivity contribution in [2.24, 2.45) is 0 Å². The third-order valence-electron chi connectivity index (χ3n) is 2.76. The summed E-state index contributed by atoms with van der Waals surface area (Å²) >= 11 is 0. The van der Waals surface area contributed by atoms with Crippen LogP contribution in [0.25, 0.3) is 0 Å². The van der Waals surface area contributed by atoms with E-state index in [1.54, 1.807) is 0 Å². The molecule has 0 spiro atoms. The van der Waals surface area contributed by atoms with E-state index in [2.05, 4.69) is 35.8 Å². The van der Waals surface area contributed by atoms with Gasteiger partial charge in [0.1, 0.15) is 0 Å². The van der Waals surface area contributed by atoms with Crippen LogP contribution in [0.4, 0.5) is 0 Å². The van der Waals surface area contributed by atoms with Crippen LogP contribution in [-0.2, 0) is 60.7 Å². The first-order chi connectivity index (χ1) is 12.4. The zero-order valence-corrected chi connectivity index (χ0v) is 20.1. The van der Waals surface area contributed by atoms with Gasteiger partial charge in [0.2, 0.25) is 0 Å². The van der Waals surface area contributed by atoms with Gasteiger partial charge in [-0.2, -0.15) is 0 Å². The van der Waals surface area contributed by atoms with E-state index in [1.165, 1.54) is 32.1 Å². The molecule has 3 rings (SSSR count). The van der Waals surface area contributed by atoms with Gasteiger partial charge in [0.15, 0.2) is 0 Å². The van der Waals surface area contributed by atoms with Gasteiger partial charge in [-0.15, -0.1) is 9.24 Å². The third-order valence-corrected chi connectivity index (χ3v) is 3.43. The van der Waals surface area contributed by atoms with Gasteiger partial charge in [0.25, 0.3) is 0 Å². The summed E-state index contributed by atoms with van der Waals surface area (Å²) in [6.45, 7) is 18.0. The molecule has 3 aliphatic carbocycles. The second-order valence-corrected chi connectivity index (χ2v) is 5.27. The Kier molecular flexibility index (Phi) is 78.5. The molecule has 0 amide bonds. The summed E-state index contributed by atoms with van der Waals surface area (Å²) in [4.78, 5) is 0. The minimum absolute atomic E-state index is 0. The Morgan fingerprint density at radius 3 is 0.778 bits per heavy atom. The van der Waals surface area contributed by atoms with Gasteiger partial charge in [-0.25, -0.2) is 0 Å². The second-order valence-electron chi connectivity index (χ2n) is 4.32. The number of hydrogen-bond donors (Lipinski definition) is 0. The Hall–Kier alpha value is 0.767. The van der Waals surface area contributed by atoms with Crippen LogP contribution >= 0.6 is 9.24 Å². The molecule has 0 aromatic rings. The maximum atomic E-state index is 7.50. The Labute approximate surface area is 197 Å². The first-order valence-corrected chi connectivity index (χ1v) is 7.97. The van der Waals surface area contributed by atoms with Crippen LogP contribution in [0, 0.1) is 90.8 Å². The zero-order chi connectivity index (χ0) is 20.2. The maximum Gasteiger partial charge on any atom is 0 e. The van der Waals surface area contributed by atoms with Crippen molar-refractivity contribution in [1.82, 2.24) is 0 Å². The third kappa shape index (κ3) is 46.6. The van der Waals surface area contributed by atoms with Crippen LogP contribution in [0.1, 0.15) is 32.1 Å². The molecular formula is C20H23Mo2O4P. The topological polar surface area (TPSA) is 79.6 Å². The molecule has 10 radical (unpaired) electrons. The van der Waals surface area contributed by atoms with Crippen molar-refractivity contribution in [2.45, 2.75) is 37.8 Å². The van der Waals surface area contributed by atoms with Crippen molar-refractivity contribution in [3.8, 4) is 0 Å². The Balaban J connectivity index is -0.0000000506. The normalized spacial score (nSPS) is 15.7. The summed E-state index contributed by atoms with van der Waals surface area (Å²) in [7, 11) is 2.91. The molecule has 3 saturated carbocycles. The Bertz CT molecular complexity index is 244. The fourth-order valence-electron chi connectivity index (χ4n) is 1.78. The van der Waals surface area contributed by atoms with Crippen molar-refractivity contribution < 1.29 is 60.7 Å². The quantitative estimate of drug-likeness (QED) is 0.189. The first kappa shape index (κ1) is 42.0. The maximum absolute atomic E-state index is 7.50. The van der Waals surface area contributed by atoms with Crippen molar-refractivity contribution in [1.29, 1.82) is 0 Å². The molecule has 3 aliphatic rings. The summed E-state index contributed by atoms with van der Waals surface area (Å²) in [6.07, 6.45) is 27.3. The van der Waals surface area contributed by atoms with Crippen LogP contribution in [0.5, 0.6) is 0 Å².